The lowest BCUT2D eigenvalue weighted by molar-refractivity contribution is 0.357. The Morgan fingerprint density at radius 1 is 0.315 bits per heavy atom. The van der Waals surface area contributed by atoms with Crippen LogP contribution < -0.4 is 14.2 Å². The van der Waals surface area contributed by atoms with Crippen molar-refractivity contribution in [1.29, 1.82) is 0 Å². The summed E-state index contributed by atoms with van der Waals surface area (Å²) in [7, 11) is 0. The van der Waals surface area contributed by atoms with Gasteiger partial charge in [0.25, 0.3) is 0 Å². The van der Waals surface area contributed by atoms with E-state index in [0.717, 1.165) is 52.6 Å². The molecule has 0 saturated carbocycles. The Kier molecular flexibility index (Phi) is 10.8. The molecule has 0 amide bonds. The van der Waals surface area contributed by atoms with E-state index in [0.29, 0.717) is 17.2 Å². The fourth-order valence-electron chi connectivity index (χ4n) is 7.13. The van der Waals surface area contributed by atoms with Crippen LogP contribution in [0, 0.1) is 41.5 Å². The highest BCUT2D eigenvalue weighted by molar-refractivity contribution is 5.49. The summed E-state index contributed by atoms with van der Waals surface area (Å²) in [6.07, 6.45) is 2.49. The van der Waals surface area contributed by atoms with Crippen LogP contribution in [-0.2, 0) is 19.3 Å². The first-order valence-electron chi connectivity index (χ1n) is 18.4. The molecular weight excluding hydrogens is 667 g/mol. The number of aromatic nitrogens is 3. The van der Waals surface area contributed by atoms with Crippen molar-refractivity contribution in [1.82, 2.24) is 15.0 Å². The Bertz CT molecular complexity index is 2040. The van der Waals surface area contributed by atoms with Gasteiger partial charge in [-0.25, -0.2) is 0 Å². The van der Waals surface area contributed by atoms with Crippen LogP contribution in [0.3, 0.4) is 0 Å². The second kappa shape index (κ2) is 16.2. The van der Waals surface area contributed by atoms with Gasteiger partial charge < -0.3 is 14.2 Å². The van der Waals surface area contributed by atoms with Crippen molar-refractivity contribution in [3.8, 4) is 35.3 Å². The minimum atomic E-state index is 0.0871. The first-order valence-corrected chi connectivity index (χ1v) is 18.4. The zero-order valence-corrected chi connectivity index (χ0v) is 31.8. The summed E-state index contributed by atoms with van der Waals surface area (Å²) in [4.78, 5) is 14.0. The Morgan fingerprint density at radius 2 is 0.537 bits per heavy atom. The molecule has 0 N–H and O–H groups in total. The summed E-state index contributed by atoms with van der Waals surface area (Å²) < 4.78 is 19.4. The summed E-state index contributed by atoms with van der Waals surface area (Å²) in [6.45, 7) is 12.3. The average molecular weight is 712 g/mol. The number of hydrogen-bond donors (Lipinski definition) is 0. The highest BCUT2D eigenvalue weighted by Gasteiger charge is 2.19. The molecule has 1 aromatic heterocycles. The van der Waals surface area contributed by atoms with E-state index in [1.165, 1.54) is 33.4 Å². The summed E-state index contributed by atoms with van der Waals surface area (Å²) in [5, 5.41) is 0. The zero-order chi connectivity index (χ0) is 37.6. The molecule has 0 unspecified atom stereocenters. The number of aryl methyl sites for hydroxylation is 6. The maximum absolute atomic E-state index is 6.47. The number of nitrogens with zero attached hydrogens (tertiary/aromatic N) is 3. The molecule has 270 valence electrons. The van der Waals surface area contributed by atoms with Crippen molar-refractivity contribution in [3.63, 3.8) is 0 Å². The van der Waals surface area contributed by atoms with Crippen molar-refractivity contribution in [2.45, 2.75) is 60.8 Å². The molecular formula is C48H45N3O3. The molecule has 6 heteroatoms. The molecule has 0 fully saturated rings. The summed E-state index contributed by atoms with van der Waals surface area (Å²) >= 11 is 0. The highest BCUT2D eigenvalue weighted by atomic mass is 16.5. The van der Waals surface area contributed by atoms with Crippen LogP contribution in [0.1, 0.15) is 66.8 Å². The number of ether oxygens (including phenoxy) is 3. The molecule has 6 nitrogen and oxygen atoms in total. The Labute approximate surface area is 318 Å². The molecule has 1 heterocycles. The number of benzene rings is 6. The largest absolute Gasteiger partial charge is 0.423 e. The van der Waals surface area contributed by atoms with Crippen LogP contribution >= 0.6 is 0 Å². The van der Waals surface area contributed by atoms with Crippen LogP contribution in [-0.4, -0.2) is 15.0 Å². The third kappa shape index (κ3) is 8.84. The van der Waals surface area contributed by atoms with E-state index in [1.54, 1.807) is 0 Å². The van der Waals surface area contributed by atoms with Gasteiger partial charge in [0.05, 0.1) is 0 Å². The zero-order valence-electron chi connectivity index (χ0n) is 31.8. The maximum atomic E-state index is 6.47. The fourth-order valence-corrected chi connectivity index (χ4v) is 7.13. The van der Waals surface area contributed by atoms with Gasteiger partial charge in [0.15, 0.2) is 0 Å². The van der Waals surface area contributed by atoms with Crippen LogP contribution in [0.2, 0.25) is 0 Å². The summed E-state index contributed by atoms with van der Waals surface area (Å²) in [5.74, 6) is 2.06. The number of rotatable bonds is 12. The first kappa shape index (κ1) is 36.1. The monoisotopic (exact) mass is 711 g/mol. The lowest BCUT2D eigenvalue weighted by Gasteiger charge is -2.17. The average Bonchev–Trinajstić information content (AvgIpc) is 3.14. The minimum Gasteiger partial charge on any atom is -0.423 e. The molecule has 0 radical (unpaired) electrons. The molecule has 0 aliphatic heterocycles. The Balaban J connectivity index is 1.21. The second-order valence-electron chi connectivity index (χ2n) is 14.2. The summed E-state index contributed by atoms with van der Waals surface area (Å²) in [6, 6.07) is 44.5. The van der Waals surface area contributed by atoms with Crippen molar-refractivity contribution in [2.75, 3.05) is 0 Å². The van der Waals surface area contributed by atoms with Crippen LogP contribution in [0.25, 0.3) is 0 Å². The molecule has 6 aromatic carbocycles. The Hall–Kier alpha value is -6.27. The molecule has 0 bridgehead atoms. The number of hydrogen-bond acceptors (Lipinski definition) is 6. The third-order valence-corrected chi connectivity index (χ3v) is 9.47. The molecule has 54 heavy (non-hydrogen) atoms. The Morgan fingerprint density at radius 3 is 0.759 bits per heavy atom. The van der Waals surface area contributed by atoms with Crippen molar-refractivity contribution < 1.29 is 14.2 Å². The van der Waals surface area contributed by atoms with E-state index in [1.807, 2.05) is 59.7 Å². The van der Waals surface area contributed by atoms with E-state index in [9.17, 15) is 0 Å². The lowest BCUT2D eigenvalue weighted by atomic mass is 10.00. The topological polar surface area (TPSA) is 66.4 Å². The van der Waals surface area contributed by atoms with Gasteiger partial charge in [0, 0.05) is 0 Å². The van der Waals surface area contributed by atoms with Gasteiger partial charge in [-0.05, 0) is 128 Å². The van der Waals surface area contributed by atoms with Gasteiger partial charge in [-0.2, -0.15) is 0 Å². The van der Waals surface area contributed by atoms with Crippen molar-refractivity contribution in [3.05, 3.63) is 194 Å². The van der Waals surface area contributed by atoms with Gasteiger partial charge >= 0.3 is 18.0 Å². The first-order chi connectivity index (χ1) is 26.2. The van der Waals surface area contributed by atoms with Gasteiger partial charge in [-0.3, -0.25) is 0 Å². The normalized spacial score (nSPS) is 11.0. The SMILES string of the molecule is Cc1cc(Cc2ccccc2)cc(C)c1Oc1nc(Oc2c(C)cc(Cc3ccccc3)cc2C)nc(Oc2c(C)cc(Cc3ccccc3)cc2C)n1. The molecule has 0 atom stereocenters. The van der Waals surface area contributed by atoms with Gasteiger partial charge in [-0.1, -0.05) is 127 Å². The van der Waals surface area contributed by atoms with E-state index in [4.69, 9.17) is 14.2 Å². The molecule has 7 rings (SSSR count). The lowest BCUT2D eigenvalue weighted by Crippen LogP contribution is -2.05. The van der Waals surface area contributed by atoms with E-state index in [2.05, 4.69) is 124 Å². The van der Waals surface area contributed by atoms with Crippen LogP contribution in [0.15, 0.2) is 127 Å². The van der Waals surface area contributed by atoms with Crippen LogP contribution in [0.4, 0.5) is 0 Å². The van der Waals surface area contributed by atoms with E-state index >= 15 is 0 Å². The van der Waals surface area contributed by atoms with Gasteiger partial charge in [0.2, 0.25) is 0 Å². The standard InChI is InChI=1S/C48H45N3O3/c1-31-22-40(28-37-16-10-7-11-17-37)23-32(2)43(31)52-46-49-47(53-44-33(3)24-41(25-34(44)4)29-38-18-12-8-13-19-38)51-48(50-46)54-45-35(5)26-42(27-36(45)6)30-39-20-14-9-15-21-39/h7-27H,28-30H2,1-6H3. The quantitative estimate of drug-likeness (QED) is 0.126. The van der Waals surface area contributed by atoms with Gasteiger partial charge in [-0.15, -0.1) is 15.0 Å². The van der Waals surface area contributed by atoms with E-state index < -0.39 is 0 Å². The minimum absolute atomic E-state index is 0.0871. The van der Waals surface area contributed by atoms with E-state index in [-0.39, 0.29) is 18.0 Å². The van der Waals surface area contributed by atoms with Crippen LogP contribution in [0.5, 0.6) is 35.3 Å². The smallest absolute Gasteiger partial charge is 0.331 e. The van der Waals surface area contributed by atoms with Crippen molar-refractivity contribution in [2.24, 2.45) is 0 Å². The molecule has 7 aromatic rings. The fraction of sp³-hybridized carbons (Fsp3) is 0.188. The maximum Gasteiger partial charge on any atom is 0.331 e. The predicted octanol–water partition coefficient (Wildman–Crippen LogP) is 11.9. The van der Waals surface area contributed by atoms with Crippen molar-refractivity contribution >= 4 is 0 Å². The predicted molar refractivity (Wildman–Crippen MR) is 216 cm³/mol. The summed E-state index contributed by atoms with van der Waals surface area (Å²) in [5.41, 5.74) is 13.2. The third-order valence-electron chi connectivity index (χ3n) is 9.47. The second-order valence-corrected chi connectivity index (χ2v) is 14.2. The molecule has 0 spiro atoms. The van der Waals surface area contributed by atoms with Gasteiger partial charge in [0.1, 0.15) is 17.2 Å². The molecule has 0 aliphatic rings. The highest BCUT2D eigenvalue weighted by Crippen LogP contribution is 2.35. The molecule has 0 aliphatic carbocycles. The molecule has 0 saturated heterocycles.